The van der Waals surface area contributed by atoms with Crippen molar-refractivity contribution in [3.8, 4) is 11.4 Å². The Morgan fingerprint density at radius 1 is 1.29 bits per heavy atom. The number of carbonyl (C=O) groups excluding carboxylic acids is 1. The van der Waals surface area contributed by atoms with E-state index in [-0.39, 0.29) is 11.9 Å². The summed E-state index contributed by atoms with van der Waals surface area (Å²) in [6.07, 6.45) is 4.54. The summed E-state index contributed by atoms with van der Waals surface area (Å²) in [5.74, 6) is 1.30. The monoisotopic (exact) mass is 456 g/mol. The minimum atomic E-state index is 0.131. The van der Waals surface area contributed by atoms with Gasteiger partial charge in [0.2, 0.25) is 5.91 Å². The van der Waals surface area contributed by atoms with Gasteiger partial charge in [0.1, 0.15) is 12.1 Å². The SMILES string of the molecule is COc1cccc(CC2CCCN2C(=O)CSc2nncn2-c2ccc(C)c(Cl)c2)c1. The van der Waals surface area contributed by atoms with Crippen molar-refractivity contribution in [1.29, 1.82) is 0 Å². The van der Waals surface area contributed by atoms with Crippen LogP contribution in [0.15, 0.2) is 53.9 Å². The third kappa shape index (κ3) is 5.05. The zero-order valence-electron chi connectivity index (χ0n) is 17.6. The largest absolute Gasteiger partial charge is 0.497 e. The Morgan fingerprint density at radius 2 is 2.16 bits per heavy atom. The fourth-order valence-electron chi connectivity index (χ4n) is 3.89. The van der Waals surface area contributed by atoms with Crippen LogP contribution in [0.4, 0.5) is 0 Å². The highest BCUT2D eigenvalue weighted by atomic mass is 35.5. The number of ether oxygens (including phenoxy) is 1. The number of methoxy groups -OCH3 is 1. The van der Waals surface area contributed by atoms with E-state index in [1.54, 1.807) is 13.4 Å². The normalized spacial score (nSPS) is 16.0. The van der Waals surface area contributed by atoms with Crippen molar-refractivity contribution in [1.82, 2.24) is 19.7 Å². The Kier molecular flexibility index (Phi) is 6.83. The summed E-state index contributed by atoms with van der Waals surface area (Å²) < 4.78 is 7.19. The molecule has 2 aromatic carbocycles. The van der Waals surface area contributed by atoms with E-state index in [2.05, 4.69) is 16.3 Å². The molecule has 4 rings (SSSR count). The average Bonchev–Trinajstić information content (AvgIpc) is 3.43. The van der Waals surface area contributed by atoms with Gasteiger partial charge in [-0.05, 0) is 61.6 Å². The Morgan fingerprint density at radius 3 is 2.97 bits per heavy atom. The molecule has 0 aliphatic carbocycles. The van der Waals surface area contributed by atoms with Crippen molar-refractivity contribution >= 4 is 29.3 Å². The lowest BCUT2D eigenvalue weighted by Gasteiger charge is -2.25. The zero-order valence-corrected chi connectivity index (χ0v) is 19.2. The molecule has 31 heavy (non-hydrogen) atoms. The minimum Gasteiger partial charge on any atom is -0.497 e. The van der Waals surface area contributed by atoms with Crippen LogP contribution in [0.5, 0.6) is 5.75 Å². The number of likely N-dealkylation sites (tertiary alicyclic amines) is 1. The standard InChI is InChI=1S/C23H25ClN4O2S/c1-16-8-9-19(13-21(16)24)28-15-25-26-23(28)31-14-22(29)27-10-4-6-18(27)11-17-5-3-7-20(12-17)30-2/h3,5,7-9,12-13,15,18H,4,6,10-11,14H2,1-2H3. The van der Waals surface area contributed by atoms with Gasteiger partial charge in [-0.1, -0.05) is 41.6 Å². The fourth-order valence-corrected chi connectivity index (χ4v) is 4.88. The topological polar surface area (TPSA) is 60.2 Å². The number of hydrogen-bond acceptors (Lipinski definition) is 5. The maximum Gasteiger partial charge on any atom is 0.233 e. The highest BCUT2D eigenvalue weighted by molar-refractivity contribution is 7.99. The second kappa shape index (κ2) is 9.75. The van der Waals surface area contributed by atoms with Crippen molar-refractivity contribution in [2.24, 2.45) is 0 Å². The van der Waals surface area contributed by atoms with Crippen molar-refractivity contribution < 1.29 is 9.53 Å². The van der Waals surface area contributed by atoms with E-state index in [1.165, 1.54) is 17.3 Å². The van der Waals surface area contributed by atoms with E-state index in [0.717, 1.165) is 42.8 Å². The van der Waals surface area contributed by atoms with Gasteiger partial charge < -0.3 is 9.64 Å². The summed E-state index contributed by atoms with van der Waals surface area (Å²) in [5.41, 5.74) is 3.08. The van der Waals surface area contributed by atoms with Crippen molar-refractivity contribution in [2.45, 2.75) is 37.4 Å². The van der Waals surface area contributed by atoms with Crippen LogP contribution in [0.3, 0.4) is 0 Å². The van der Waals surface area contributed by atoms with Gasteiger partial charge >= 0.3 is 0 Å². The number of hydrogen-bond donors (Lipinski definition) is 0. The Labute approximate surface area is 191 Å². The molecule has 0 N–H and O–H groups in total. The number of halogens is 1. The molecule has 1 aromatic heterocycles. The Balaban J connectivity index is 1.40. The van der Waals surface area contributed by atoms with Crippen LogP contribution in [0.25, 0.3) is 5.69 Å². The molecule has 1 amide bonds. The first-order valence-corrected chi connectivity index (χ1v) is 11.6. The molecule has 8 heteroatoms. The van der Waals surface area contributed by atoms with Crippen LogP contribution in [-0.2, 0) is 11.2 Å². The molecule has 1 atom stereocenters. The lowest BCUT2D eigenvalue weighted by atomic mass is 10.0. The van der Waals surface area contributed by atoms with Crippen molar-refractivity contribution in [3.63, 3.8) is 0 Å². The molecule has 1 saturated heterocycles. The van der Waals surface area contributed by atoms with Crippen LogP contribution < -0.4 is 4.74 Å². The van der Waals surface area contributed by atoms with Gasteiger partial charge in [-0.25, -0.2) is 0 Å². The second-order valence-electron chi connectivity index (χ2n) is 7.64. The number of rotatable bonds is 7. The van der Waals surface area contributed by atoms with E-state index in [0.29, 0.717) is 15.9 Å². The predicted molar refractivity (Wildman–Crippen MR) is 123 cm³/mol. The molecule has 3 aromatic rings. The molecule has 0 bridgehead atoms. The smallest absolute Gasteiger partial charge is 0.233 e. The minimum absolute atomic E-state index is 0.131. The summed E-state index contributed by atoms with van der Waals surface area (Å²) in [6, 6.07) is 14.1. The summed E-state index contributed by atoms with van der Waals surface area (Å²) in [4.78, 5) is 15.0. The Bertz CT molecular complexity index is 1070. The first-order valence-electron chi connectivity index (χ1n) is 10.3. The van der Waals surface area contributed by atoms with Crippen LogP contribution in [0, 0.1) is 6.92 Å². The maximum atomic E-state index is 13.0. The van der Waals surface area contributed by atoms with Gasteiger partial charge in [0.25, 0.3) is 0 Å². The highest BCUT2D eigenvalue weighted by Gasteiger charge is 2.29. The second-order valence-corrected chi connectivity index (χ2v) is 8.99. The molecule has 1 aliphatic rings. The average molecular weight is 457 g/mol. The molecule has 0 spiro atoms. The van der Waals surface area contributed by atoms with Gasteiger partial charge in [-0.2, -0.15) is 0 Å². The molecular formula is C23H25ClN4O2S. The van der Waals surface area contributed by atoms with Crippen LogP contribution >= 0.6 is 23.4 Å². The maximum absolute atomic E-state index is 13.0. The Hall–Kier alpha value is -2.51. The number of aromatic nitrogens is 3. The van der Waals surface area contributed by atoms with Crippen LogP contribution in [-0.4, -0.2) is 51.0 Å². The summed E-state index contributed by atoms with van der Waals surface area (Å²) in [7, 11) is 1.67. The van der Waals surface area contributed by atoms with Gasteiger partial charge in [0.15, 0.2) is 5.16 Å². The number of thioether (sulfide) groups is 1. The molecule has 1 aliphatic heterocycles. The molecule has 0 saturated carbocycles. The van der Waals surface area contributed by atoms with E-state index < -0.39 is 0 Å². The van der Waals surface area contributed by atoms with Gasteiger partial charge in [0, 0.05) is 17.6 Å². The van der Waals surface area contributed by atoms with Crippen LogP contribution in [0.1, 0.15) is 24.0 Å². The summed E-state index contributed by atoms with van der Waals surface area (Å²) >= 11 is 7.67. The van der Waals surface area contributed by atoms with Gasteiger partial charge in [-0.15, -0.1) is 10.2 Å². The lowest BCUT2D eigenvalue weighted by Crippen LogP contribution is -2.38. The van der Waals surface area contributed by atoms with E-state index >= 15 is 0 Å². The lowest BCUT2D eigenvalue weighted by molar-refractivity contribution is -0.129. The number of benzene rings is 2. The quantitative estimate of drug-likeness (QED) is 0.487. The molecule has 1 fully saturated rings. The number of amides is 1. The molecule has 1 unspecified atom stereocenters. The third-order valence-corrected chi connectivity index (χ3v) is 6.91. The molecular weight excluding hydrogens is 432 g/mol. The van der Waals surface area contributed by atoms with Crippen LogP contribution in [0.2, 0.25) is 5.02 Å². The molecule has 0 radical (unpaired) electrons. The molecule has 2 heterocycles. The van der Waals surface area contributed by atoms with E-state index in [4.69, 9.17) is 16.3 Å². The first kappa shape index (κ1) is 21.7. The number of aryl methyl sites for hydroxylation is 1. The molecule has 162 valence electrons. The van der Waals surface area contributed by atoms with E-state index in [1.807, 2.05) is 52.8 Å². The van der Waals surface area contributed by atoms with E-state index in [9.17, 15) is 4.79 Å². The fraction of sp³-hybridized carbons (Fsp3) is 0.348. The van der Waals surface area contributed by atoms with Crippen molar-refractivity contribution in [3.05, 3.63) is 64.9 Å². The predicted octanol–water partition coefficient (Wildman–Crippen LogP) is 4.56. The number of nitrogens with zero attached hydrogens (tertiary/aromatic N) is 4. The summed E-state index contributed by atoms with van der Waals surface area (Å²) in [5, 5.41) is 9.59. The third-order valence-electron chi connectivity index (χ3n) is 5.58. The van der Waals surface area contributed by atoms with Gasteiger partial charge in [0.05, 0.1) is 18.6 Å². The number of carbonyl (C=O) groups is 1. The highest BCUT2D eigenvalue weighted by Crippen LogP contribution is 2.27. The zero-order chi connectivity index (χ0) is 21.8. The van der Waals surface area contributed by atoms with Crippen molar-refractivity contribution in [2.75, 3.05) is 19.4 Å². The van der Waals surface area contributed by atoms with Gasteiger partial charge in [-0.3, -0.25) is 9.36 Å². The first-order chi connectivity index (χ1) is 15.0. The molecule has 6 nitrogen and oxygen atoms in total. The summed E-state index contributed by atoms with van der Waals surface area (Å²) in [6.45, 7) is 2.76.